The Kier molecular flexibility index (Phi) is 5.18. The van der Waals surface area contributed by atoms with Crippen molar-refractivity contribution in [2.24, 2.45) is 23.2 Å². The molecule has 5 atom stereocenters. The first-order chi connectivity index (χ1) is 11.7. The second-order valence-corrected chi connectivity index (χ2v) is 8.22. The van der Waals surface area contributed by atoms with E-state index < -0.39 is 0 Å². The van der Waals surface area contributed by atoms with Crippen LogP contribution >= 0.6 is 0 Å². The van der Waals surface area contributed by atoms with Crippen molar-refractivity contribution in [3.63, 3.8) is 0 Å². The summed E-state index contributed by atoms with van der Waals surface area (Å²) in [5.41, 5.74) is 4.49. The van der Waals surface area contributed by atoms with Crippen LogP contribution in [0.3, 0.4) is 0 Å². The first-order valence-electron chi connectivity index (χ1n) is 10.3. The maximum Gasteiger partial charge on any atom is 0.150 e. The van der Waals surface area contributed by atoms with Crippen LogP contribution in [0.5, 0.6) is 0 Å². The first-order valence-corrected chi connectivity index (χ1v) is 10.3. The van der Waals surface area contributed by atoms with E-state index in [0.29, 0.717) is 5.41 Å². The average Bonchev–Trinajstić information content (AvgIpc) is 2.99. The molecule has 0 heterocycles. The van der Waals surface area contributed by atoms with Crippen LogP contribution in [0.4, 0.5) is 0 Å². The predicted octanol–water partition coefficient (Wildman–Crippen LogP) is 6.41. The highest BCUT2D eigenvalue weighted by atomic mass is 16.1. The van der Waals surface area contributed by atoms with Gasteiger partial charge in [-0.05, 0) is 84.8 Å². The Bertz CT molecular complexity index is 590. The van der Waals surface area contributed by atoms with Crippen LogP contribution in [0.2, 0.25) is 0 Å². The zero-order valence-corrected chi connectivity index (χ0v) is 16.0. The predicted molar refractivity (Wildman–Crippen MR) is 102 cm³/mol. The number of benzene rings is 1. The van der Waals surface area contributed by atoms with Gasteiger partial charge in [-0.25, -0.2) is 0 Å². The van der Waals surface area contributed by atoms with Gasteiger partial charge in [0.1, 0.15) is 6.29 Å². The van der Waals surface area contributed by atoms with Crippen molar-refractivity contribution in [1.82, 2.24) is 0 Å². The largest absolute Gasteiger partial charge is 0.298 e. The third-order valence-corrected chi connectivity index (χ3v) is 7.58. The van der Waals surface area contributed by atoms with Gasteiger partial charge >= 0.3 is 0 Å². The molecular formula is C23H34O. The number of carbonyl (C=O) groups is 1. The van der Waals surface area contributed by atoms with Crippen molar-refractivity contribution in [2.75, 3.05) is 0 Å². The summed E-state index contributed by atoms with van der Waals surface area (Å²) >= 11 is 0. The fourth-order valence-corrected chi connectivity index (χ4v) is 6.45. The van der Waals surface area contributed by atoms with Gasteiger partial charge in [-0.2, -0.15) is 0 Å². The third kappa shape index (κ3) is 2.65. The van der Waals surface area contributed by atoms with Crippen molar-refractivity contribution in [3.8, 4) is 0 Å². The van der Waals surface area contributed by atoms with Crippen LogP contribution in [0, 0.1) is 23.2 Å². The zero-order valence-electron chi connectivity index (χ0n) is 16.0. The summed E-state index contributed by atoms with van der Waals surface area (Å²) in [6.07, 6.45) is 10.6. The molecule has 132 valence electrons. The van der Waals surface area contributed by atoms with Gasteiger partial charge in [-0.3, -0.25) is 4.79 Å². The van der Waals surface area contributed by atoms with Crippen LogP contribution in [0.15, 0.2) is 18.2 Å². The highest BCUT2D eigenvalue weighted by Crippen LogP contribution is 2.63. The Hall–Kier alpha value is -1.11. The van der Waals surface area contributed by atoms with E-state index in [0.717, 1.165) is 35.5 Å². The van der Waals surface area contributed by atoms with Gasteiger partial charge in [-0.1, -0.05) is 46.2 Å². The number of hydrogen-bond donors (Lipinski definition) is 0. The molecular weight excluding hydrogens is 292 g/mol. The van der Waals surface area contributed by atoms with Gasteiger partial charge in [0.05, 0.1) is 0 Å². The molecule has 4 rings (SSSR count). The maximum atomic E-state index is 11.0. The molecule has 0 N–H and O–H groups in total. The molecule has 0 amide bonds. The number of aryl methyl sites for hydroxylation is 1. The minimum absolute atomic E-state index is 0.607. The molecule has 1 nitrogen and oxygen atoms in total. The Morgan fingerprint density at radius 1 is 1.17 bits per heavy atom. The topological polar surface area (TPSA) is 17.1 Å². The van der Waals surface area contributed by atoms with E-state index in [1.165, 1.54) is 50.5 Å². The Balaban J connectivity index is 0.000000815. The molecule has 0 spiro atoms. The first kappa shape index (κ1) is 17.7. The Morgan fingerprint density at radius 2 is 1.96 bits per heavy atom. The zero-order chi connectivity index (χ0) is 17.3. The molecule has 0 bridgehead atoms. The number of rotatable bonds is 2. The van der Waals surface area contributed by atoms with Crippen LogP contribution < -0.4 is 0 Å². The number of carbonyl (C=O) groups excluding carboxylic acids is 1. The van der Waals surface area contributed by atoms with Crippen LogP contribution in [-0.4, -0.2) is 6.29 Å². The van der Waals surface area contributed by atoms with Crippen molar-refractivity contribution in [3.05, 3.63) is 34.9 Å². The van der Waals surface area contributed by atoms with Crippen LogP contribution in [0.1, 0.15) is 93.6 Å². The monoisotopic (exact) mass is 326 g/mol. The quantitative estimate of drug-likeness (QED) is 0.574. The van der Waals surface area contributed by atoms with Crippen molar-refractivity contribution < 1.29 is 4.79 Å². The molecule has 2 saturated carbocycles. The number of aldehydes is 1. The smallest absolute Gasteiger partial charge is 0.150 e. The minimum Gasteiger partial charge on any atom is -0.298 e. The van der Waals surface area contributed by atoms with Gasteiger partial charge in [0.2, 0.25) is 0 Å². The highest BCUT2D eigenvalue weighted by Gasteiger charge is 2.53. The summed E-state index contributed by atoms with van der Waals surface area (Å²) in [5, 5.41) is 0. The molecule has 0 aromatic heterocycles. The lowest BCUT2D eigenvalue weighted by Crippen LogP contribution is -2.42. The summed E-state index contributed by atoms with van der Waals surface area (Å²) in [4.78, 5) is 11.0. The van der Waals surface area contributed by atoms with Gasteiger partial charge in [0.15, 0.2) is 0 Å². The van der Waals surface area contributed by atoms with Crippen molar-refractivity contribution >= 4 is 6.29 Å². The van der Waals surface area contributed by atoms with Crippen molar-refractivity contribution in [2.45, 2.75) is 78.6 Å². The fourth-order valence-electron chi connectivity index (χ4n) is 6.45. The molecule has 0 radical (unpaired) electrons. The Morgan fingerprint density at radius 3 is 2.67 bits per heavy atom. The molecule has 1 aromatic rings. The summed E-state index contributed by atoms with van der Waals surface area (Å²) in [5.74, 6) is 3.55. The average molecular weight is 327 g/mol. The third-order valence-electron chi connectivity index (χ3n) is 7.58. The van der Waals surface area contributed by atoms with E-state index >= 15 is 0 Å². The van der Waals surface area contributed by atoms with E-state index in [1.807, 2.05) is 19.9 Å². The van der Waals surface area contributed by atoms with Gasteiger partial charge in [-0.15, -0.1) is 0 Å². The van der Waals surface area contributed by atoms with E-state index in [9.17, 15) is 4.79 Å². The second kappa shape index (κ2) is 7.02. The molecule has 24 heavy (non-hydrogen) atoms. The van der Waals surface area contributed by atoms with Crippen molar-refractivity contribution in [1.29, 1.82) is 0 Å². The van der Waals surface area contributed by atoms with Crippen LogP contribution in [-0.2, 0) is 6.42 Å². The summed E-state index contributed by atoms with van der Waals surface area (Å²) in [6.45, 7) is 8.99. The van der Waals surface area contributed by atoms with Gasteiger partial charge in [0, 0.05) is 5.56 Å². The van der Waals surface area contributed by atoms with Crippen LogP contribution in [0.25, 0.3) is 0 Å². The lowest BCUT2D eigenvalue weighted by molar-refractivity contribution is 0.0273. The van der Waals surface area contributed by atoms with E-state index in [1.54, 1.807) is 5.56 Å². The molecule has 1 heteroatoms. The summed E-state index contributed by atoms with van der Waals surface area (Å²) < 4.78 is 0. The lowest BCUT2D eigenvalue weighted by atomic mass is 9.54. The van der Waals surface area contributed by atoms with Gasteiger partial charge < -0.3 is 0 Å². The normalized spacial score (nSPS) is 36.7. The Labute approximate surface area is 148 Å². The molecule has 1 aromatic carbocycles. The molecule has 2 fully saturated rings. The SMILES string of the molecule is CC.CCC1CCC2C3CCc4cc(C=O)ccc4C3CCC12C. The van der Waals surface area contributed by atoms with Gasteiger partial charge in [0.25, 0.3) is 0 Å². The fraction of sp³-hybridized carbons (Fsp3) is 0.696. The summed E-state index contributed by atoms with van der Waals surface area (Å²) in [6, 6.07) is 6.45. The highest BCUT2D eigenvalue weighted by molar-refractivity contribution is 5.75. The molecule has 3 aliphatic rings. The molecule has 3 aliphatic carbocycles. The molecule has 5 unspecified atom stereocenters. The van der Waals surface area contributed by atoms with E-state index in [4.69, 9.17) is 0 Å². The molecule has 0 aliphatic heterocycles. The number of hydrogen-bond acceptors (Lipinski definition) is 1. The second-order valence-electron chi connectivity index (χ2n) is 8.22. The maximum absolute atomic E-state index is 11.0. The minimum atomic E-state index is 0.607. The molecule has 0 saturated heterocycles. The lowest BCUT2D eigenvalue weighted by Gasteiger charge is -2.51. The standard InChI is InChI=1S/C21H28O.C2H6/c1-3-16-6-9-20-19-8-5-15-12-14(13-22)4-7-17(15)18(19)10-11-21(16,20)2;1-2/h4,7,12-13,16,18-20H,3,5-6,8-11H2,1-2H3;1-2H3. The van der Waals surface area contributed by atoms with E-state index in [-0.39, 0.29) is 0 Å². The van der Waals surface area contributed by atoms with E-state index in [2.05, 4.69) is 26.0 Å². The summed E-state index contributed by atoms with van der Waals surface area (Å²) in [7, 11) is 0. The number of fused-ring (bicyclic) bond motifs is 5.